The van der Waals surface area contributed by atoms with Crippen molar-refractivity contribution in [3.8, 4) is 44.5 Å². The van der Waals surface area contributed by atoms with Gasteiger partial charge in [0.2, 0.25) is 0 Å². The van der Waals surface area contributed by atoms with Gasteiger partial charge in [0.05, 0.1) is 27.4 Å². The topological polar surface area (TPSA) is 13.1 Å². The van der Waals surface area contributed by atoms with E-state index in [4.69, 9.17) is 26.3 Å². The molecule has 0 aliphatic rings. The summed E-state index contributed by atoms with van der Waals surface area (Å²) in [6, 6.07) is -0.457. The minimum absolute atomic E-state index is 0.159. The first-order valence-corrected chi connectivity index (χ1v) is 13.8. The van der Waals surface area contributed by atoms with Gasteiger partial charge in [-0.05, 0) is 78.6 Å². The smallest absolute Gasteiger partial charge is 0.143 e. The highest BCUT2D eigenvalue weighted by Crippen LogP contribution is 2.46. The molecule has 1 heteroatoms. The van der Waals surface area contributed by atoms with E-state index in [1.54, 1.807) is 48.5 Å². The lowest BCUT2D eigenvalue weighted by Gasteiger charge is -2.18. The normalized spacial score (nSPS) is 17.8. The van der Waals surface area contributed by atoms with E-state index in [0.29, 0.717) is 0 Å². The molecule has 0 radical (unpaired) electrons. The summed E-state index contributed by atoms with van der Waals surface area (Å²) in [5.41, 5.74) is -2.80. The van der Waals surface area contributed by atoms with E-state index < -0.39 is 154 Å². The average Bonchev–Trinajstić information content (AvgIpc) is 3.70. The molecule has 1 nitrogen and oxygen atoms in total. The molecule has 0 aliphatic carbocycles. The molecular weight excluding hydrogens is 544 g/mol. The van der Waals surface area contributed by atoms with Crippen molar-refractivity contribution in [3.05, 3.63) is 169 Å². The van der Waals surface area contributed by atoms with Crippen molar-refractivity contribution in [1.82, 2.24) is 0 Å². The molecule has 9 rings (SSSR count). The summed E-state index contributed by atoms with van der Waals surface area (Å²) in [6.45, 7) is 0. The van der Waals surface area contributed by atoms with Gasteiger partial charge in [-0.3, -0.25) is 0 Å². The quantitative estimate of drug-likeness (QED) is 0.185. The van der Waals surface area contributed by atoms with Gasteiger partial charge in [-0.1, -0.05) is 151 Å². The number of hydrogen-bond acceptors (Lipinski definition) is 1. The molecule has 0 amide bonds. The van der Waals surface area contributed by atoms with Crippen molar-refractivity contribution in [2.24, 2.45) is 0 Å². The van der Waals surface area contributed by atoms with Crippen LogP contribution in [0.3, 0.4) is 0 Å². The Bertz CT molecular complexity index is 3520. The highest BCUT2D eigenvalue weighted by molar-refractivity contribution is 6.23. The molecule has 1 aromatic heterocycles. The monoisotopic (exact) mass is 592 g/mol. The first-order valence-electron chi connectivity index (χ1n) is 23.8. The Morgan fingerprint density at radius 1 is 0.378 bits per heavy atom. The molecule has 9 aromatic rings. The summed E-state index contributed by atoms with van der Waals surface area (Å²) < 4.78 is 182. The minimum atomic E-state index is -0.747. The van der Waals surface area contributed by atoms with Crippen LogP contribution in [0.4, 0.5) is 0 Å². The van der Waals surface area contributed by atoms with Crippen LogP contribution in [0.1, 0.15) is 27.4 Å². The molecular formula is C44H28O. The van der Waals surface area contributed by atoms with Gasteiger partial charge in [0, 0.05) is 16.3 Å². The second-order valence-corrected chi connectivity index (χ2v) is 10.1. The van der Waals surface area contributed by atoms with E-state index in [0.717, 1.165) is 0 Å². The van der Waals surface area contributed by atoms with Gasteiger partial charge in [0.25, 0.3) is 0 Å². The third-order valence-corrected chi connectivity index (χ3v) is 7.62. The van der Waals surface area contributed by atoms with Crippen molar-refractivity contribution in [1.29, 1.82) is 0 Å². The van der Waals surface area contributed by atoms with Crippen molar-refractivity contribution >= 4 is 43.5 Å². The number of fused-ring (bicyclic) bond motifs is 5. The van der Waals surface area contributed by atoms with Crippen LogP contribution >= 0.6 is 0 Å². The molecule has 0 saturated heterocycles. The van der Waals surface area contributed by atoms with Gasteiger partial charge in [-0.15, -0.1) is 0 Å². The molecule has 45 heavy (non-hydrogen) atoms. The van der Waals surface area contributed by atoms with Crippen LogP contribution in [0.15, 0.2) is 174 Å². The fraction of sp³-hybridized carbons (Fsp3) is 0. The summed E-state index contributed by atoms with van der Waals surface area (Å²) in [4.78, 5) is 0. The van der Waals surface area contributed by atoms with E-state index in [1.165, 1.54) is 0 Å². The Balaban J connectivity index is 1.48. The fourth-order valence-electron chi connectivity index (χ4n) is 5.73. The molecule has 0 N–H and O–H groups in total. The second-order valence-electron chi connectivity index (χ2n) is 10.1. The average molecular weight is 593 g/mol. The highest BCUT2D eigenvalue weighted by Gasteiger charge is 2.20. The van der Waals surface area contributed by atoms with Crippen molar-refractivity contribution in [3.63, 3.8) is 0 Å². The maximum absolute atomic E-state index is 9.91. The summed E-state index contributed by atoms with van der Waals surface area (Å²) in [5, 5.41) is 0.616. The first-order chi connectivity index (χ1) is 30.7. The Kier molecular flexibility index (Phi) is 2.90. The lowest BCUT2D eigenvalue weighted by molar-refractivity contribution is 0.670. The van der Waals surface area contributed by atoms with Gasteiger partial charge >= 0.3 is 0 Å². The van der Waals surface area contributed by atoms with Gasteiger partial charge in [-0.25, -0.2) is 0 Å². The molecule has 0 unspecified atom stereocenters. The Labute approximate surface area is 289 Å². The van der Waals surface area contributed by atoms with Crippen LogP contribution in [0.5, 0.6) is 0 Å². The number of hydrogen-bond donors (Lipinski definition) is 0. The van der Waals surface area contributed by atoms with Crippen molar-refractivity contribution in [2.45, 2.75) is 0 Å². The van der Waals surface area contributed by atoms with Crippen LogP contribution in [0, 0.1) is 0 Å². The Morgan fingerprint density at radius 2 is 0.867 bits per heavy atom. The third kappa shape index (κ3) is 4.17. The van der Waals surface area contributed by atoms with Crippen molar-refractivity contribution < 1.29 is 31.8 Å². The number of benzene rings is 8. The predicted molar refractivity (Wildman–Crippen MR) is 190 cm³/mol. The van der Waals surface area contributed by atoms with Crippen LogP contribution in [-0.4, -0.2) is 0 Å². The summed E-state index contributed by atoms with van der Waals surface area (Å²) in [5.74, 6) is 0. The van der Waals surface area contributed by atoms with Gasteiger partial charge in [0.1, 0.15) is 11.2 Å². The molecule has 1 heterocycles. The SMILES string of the molecule is [2H]c1c([2H])c([2H])c(-c2c([2H])c([2H])c(-c3c4ccccc4c(-c4c([2H])c(-c5c([2H])c([2H])c([2H])c([2H])c5[2H])c5oc6c([2H])c([2H])c([2H])c([2H])c6c5c4[2H])c4ccccc34)c([2H])c2[2H])c([2H])c1[2H]. The largest absolute Gasteiger partial charge is 0.455 e. The van der Waals surface area contributed by atoms with E-state index >= 15 is 0 Å². The van der Waals surface area contributed by atoms with Crippen LogP contribution in [-0.2, 0) is 0 Å². The molecule has 0 saturated carbocycles. The number of rotatable bonds is 4. The van der Waals surface area contributed by atoms with E-state index in [2.05, 4.69) is 0 Å². The standard InChI is InChI=1S/C44H28O/c1-3-13-29(14-4-1)30-23-25-32(26-24-30)42-35-18-7-9-20-37(35)43(38-21-10-8-19-36(38)42)33-27-39(31-15-5-2-6-16-31)44-40(28-33)34-17-11-12-22-41(34)45-44/h1-28H/i1D,2D,3D,4D,5D,6D,11D,12D,13D,14D,15D,16D,17D,22D,23D,24D,25D,26D,27D,28D. The maximum Gasteiger partial charge on any atom is 0.143 e. The van der Waals surface area contributed by atoms with Gasteiger partial charge in [-0.2, -0.15) is 0 Å². The lowest BCUT2D eigenvalue weighted by atomic mass is 9.84. The van der Waals surface area contributed by atoms with E-state index in [-0.39, 0.29) is 54.6 Å². The van der Waals surface area contributed by atoms with Gasteiger partial charge < -0.3 is 4.42 Å². The fourth-order valence-corrected chi connectivity index (χ4v) is 5.73. The third-order valence-electron chi connectivity index (χ3n) is 7.62. The first kappa shape index (κ1) is 12.6. The van der Waals surface area contributed by atoms with Crippen LogP contribution in [0.2, 0.25) is 0 Å². The minimum Gasteiger partial charge on any atom is -0.455 e. The second kappa shape index (κ2) is 10.4. The zero-order valence-corrected chi connectivity index (χ0v) is 23.0. The van der Waals surface area contributed by atoms with Crippen LogP contribution in [0.25, 0.3) is 88.0 Å². The predicted octanol–water partition coefficient (Wildman–Crippen LogP) is 12.6. The van der Waals surface area contributed by atoms with Crippen molar-refractivity contribution in [2.75, 3.05) is 0 Å². The summed E-state index contributed by atoms with van der Waals surface area (Å²) >= 11 is 0. The molecule has 8 aromatic carbocycles. The van der Waals surface area contributed by atoms with E-state index in [1.807, 2.05) is 0 Å². The number of para-hydroxylation sites is 1. The molecule has 210 valence electrons. The molecule has 0 spiro atoms. The van der Waals surface area contributed by atoms with E-state index in [9.17, 15) is 5.48 Å². The Morgan fingerprint density at radius 3 is 1.49 bits per heavy atom. The number of furan rings is 1. The molecule has 0 fully saturated rings. The zero-order valence-electron chi connectivity index (χ0n) is 43.0. The lowest BCUT2D eigenvalue weighted by Crippen LogP contribution is -1.91. The molecule has 0 aliphatic heterocycles. The molecule has 0 bridgehead atoms. The maximum atomic E-state index is 9.91. The molecule has 0 atom stereocenters. The zero-order chi connectivity index (χ0) is 47.1. The summed E-state index contributed by atoms with van der Waals surface area (Å²) in [7, 11) is 0. The van der Waals surface area contributed by atoms with Gasteiger partial charge in [0.15, 0.2) is 0 Å². The Hall–Kier alpha value is -5.92. The summed E-state index contributed by atoms with van der Waals surface area (Å²) in [6.07, 6.45) is 0. The highest BCUT2D eigenvalue weighted by atomic mass is 16.3. The van der Waals surface area contributed by atoms with Crippen LogP contribution < -0.4 is 0 Å².